The average molecular weight is 277 g/mol. The van der Waals surface area contributed by atoms with Crippen LogP contribution in [0.2, 0.25) is 0 Å². The van der Waals surface area contributed by atoms with Crippen LogP contribution >= 0.6 is 12.2 Å². The van der Waals surface area contributed by atoms with Gasteiger partial charge in [0.1, 0.15) is 0 Å². The smallest absolute Gasteiger partial charge is 0.248 e. The van der Waals surface area contributed by atoms with Gasteiger partial charge in [-0.25, -0.2) is 0 Å². The van der Waals surface area contributed by atoms with E-state index in [0.29, 0.717) is 11.5 Å². The first-order chi connectivity index (χ1) is 9.08. The lowest BCUT2D eigenvalue weighted by molar-refractivity contribution is 0.0998. The zero-order valence-electron chi connectivity index (χ0n) is 10.8. The van der Waals surface area contributed by atoms with Gasteiger partial charge in [-0.15, -0.1) is 0 Å². The summed E-state index contributed by atoms with van der Waals surface area (Å²) in [7, 11) is 0. The van der Waals surface area contributed by atoms with E-state index in [0.717, 1.165) is 24.1 Å². The Kier molecular flexibility index (Phi) is 4.37. The van der Waals surface area contributed by atoms with E-state index in [1.165, 1.54) is 19.3 Å². The van der Waals surface area contributed by atoms with Crippen molar-refractivity contribution in [1.29, 1.82) is 0 Å². The molecule has 0 bridgehead atoms. The lowest BCUT2D eigenvalue weighted by Crippen LogP contribution is -2.21. The van der Waals surface area contributed by atoms with Gasteiger partial charge in [0.2, 0.25) is 5.91 Å². The molecular formula is C14H19N3OS. The summed E-state index contributed by atoms with van der Waals surface area (Å²) in [6, 6.07) is 5.49. The van der Waals surface area contributed by atoms with Gasteiger partial charge in [0.05, 0.1) is 0 Å². The van der Waals surface area contributed by atoms with Crippen molar-refractivity contribution in [2.75, 3.05) is 5.32 Å². The van der Waals surface area contributed by atoms with Crippen molar-refractivity contribution in [2.24, 2.45) is 11.5 Å². The lowest BCUT2D eigenvalue weighted by Gasteiger charge is -2.24. The molecule has 0 heterocycles. The van der Waals surface area contributed by atoms with Crippen LogP contribution in [0.15, 0.2) is 18.2 Å². The van der Waals surface area contributed by atoms with Crippen molar-refractivity contribution in [3.8, 4) is 0 Å². The van der Waals surface area contributed by atoms with E-state index in [1.807, 2.05) is 6.07 Å². The van der Waals surface area contributed by atoms with Gasteiger partial charge in [0.25, 0.3) is 0 Å². The number of hydrogen-bond acceptors (Lipinski definition) is 2. The minimum absolute atomic E-state index is 0.224. The molecule has 5 N–H and O–H groups in total. The number of nitrogens with one attached hydrogen (secondary N) is 1. The quantitative estimate of drug-likeness (QED) is 0.741. The molecule has 1 saturated carbocycles. The third-order valence-electron chi connectivity index (χ3n) is 3.63. The largest absolute Gasteiger partial charge is 0.376 e. The number of carbonyl (C=O) groups excluding carboxylic acids is 1. The highest BCUT2D eigenvalue weighted by Gasteiger charge is 2.20. The van der Waals surface area contributed by atoms with E-state index in [-0.39, 0.29) is 11.0 Å². The molecule has 5 heteroatoms. The Hall–Kier alpha value is -1.62. The van der Waals surface area contributed by atoms with Gasteiger partial charge in [0, 0.05) is 11.3 Å². The van der Waals surface area contributed by atoms with E-state index < -0.39 is 0 Å². The summed E-state index contributed by atoms with van der Waals surface area (Å²) in [5.41, 5.74) is 13.4. The number of benzene rings is 1. The standard InChI is InChI=1S/C14H19N3OS/c15-13(18)11-7-6-10(17-14(16)19)8-12(11)9-4-2-1-3-5-9/h6-9H,1-5H2,(H2,15,18)(H3,16,17,19). The van der Waals surface area contributed by atoms with Crippen LogP contribution in [0.25, 0.3) is 0 Å². The third kappa shape index (κ3) is 3.44. The highest BCUT2D eigenvalue weighted by atomic mass is 32.1. The predicted molar refractivity (Wildman–Crippen MR) is 81.2 cm³/mol. The molecule has 1 aromatic rings. The molecule has 1 aliphatic rings. The fourth-order valence-electron chi connectivity index (χ4n) is 2.76. The fourth-order valence-corrected chi connectivity index (χ4v) is 2.88. The van der Waals surface area contributed by atoms with Crippen LogP contribution in [0, 0.1) is 0 Å². The number of carbonyl (C=O) groups is 1. The summed E-state index contributed by atoms with van der Waals surface area (Å²) >= 11 is 4.84. The maximum atomic E-state index is 11.5. The first-order valence-corrected chi connectivity index (χ1v) is 6.99. The maximum absolute atomic E-state index is 11.5. The van der Waals surface area contributed by atoms with Crippen LogP contribution < -0.4 is 16.8 Å². The van der Waals surface area contributed by atoms with Crippen molar-refractivity contribution in [3.63, 3.8) is 0 Å². The Balaban J connectivity index is 2.34. The Morgan fingerprint density at radius 3 is 2.47 bits per heavy atom. The molecule has 19 heavy (non-hydrogen) atoms. The molecule has 0 unspecified atom stereocenters. The summed E-state index contributed by atoms with van der Waals surface area (Å²) in [6.45, 7) is 0. The van der Waals surface area contributed by atoms with Crippen LogP contribution in [0.4, 0.5) is 5.69 Å². The SMILES string of the molecule is NC(=O)c1ccc(NC(N)=S)cc1C1CCCCC1. The van der Waals surface area contributed by atoms with Crippen molar-refractivity contribution < 1.29 is 4.79 Å². The number of primary amides is 1. The highest BCUT2D eigenvalue weighted by Crippen LogP contribution is 2.35. The molecule has 1 aromatic carbocycles. The van der Waals surface area contributed by atoms with Gasteiger partial charge in [-0.1, -0.05) is 19.3 Å². The van der Waals surface area contributed by atoms with Gasteiger partial charge in [-0.3, -0.25) is 4.79 Å². The number of nitrogens with two attached hydrogens (primary N) is 2. The molecule has 102 valence electrons. The number of amides is 1. The Morgan fingerprint density at radius 2 is 1.89 bits per heavy atom. The Morgan fingerprint density at radius 1 is 1.21 bits per heavy atom. The van der Waals surface area contributed by atoms with Crippen LogP contribution in [0.3, 0.4) is 0 Å². The number of hydrogen-bond donors (Lipinski definition) is 3. The molecule has 0 spiro atoms. The summed E-state index contributed by atoms with van der Waals surface area (Å²) in [4.78, 5) is 11.5. The normalized spacial score (nSPS) is 16.0. The summed E-state index contributed by atoms with van der Waals surface area (Å²) in [5.74, 6) is 0.0341. The van der Waals surface area contributed by atoms with Gasteiger partial charge in [0.15, 0.2) is 5.11 Å². The van der Waals surface area contributed by atoms with Gasteiger partial charge >= 0.3 is 0 Å². The van der Waals surface area contributed by atoms with Gasteiger partial charge < -0.3 is 16.8 Å². The van der Waals surface area contributed by atoms with Crippen molar-refractivity contribution >= 4 is 28.9 Å². The van der Waals surface area contributed by atoms with Crippen molar-refractivity contribution in [1.82, 2.24) is 0 Å². The second-order valence-electron chi connectivity index (χ2n) is 4.99. The number of anilines is 1. The first kappa shape index (κ1) is 13.8. The molecule has 1 fully saturated rings. The highest BCUT2D eigenvalue weighted by molar-refractivity contribution is 7.80. The minimum atomic E-state index is -0.373. The summed E-state index contributed by atoms with van der Waals surface area (Å²) in [6.07, 6.45) is 5.90. The Bertz CT molecular complexity index is 495. The van der Waals surface area contributed by atoms with Crippen LogP contribution in [0.1, 0.15) is 53.9 Å². The molecule has 1 aliphatic carbocycles. The van der Waals surface area contributed by atoms with E-state index in [1.54, 1.807) is 12.1 Å². The molecule has 0 radical (unpaired) electrons. The van der Waals surface area contributed by atoms with Crippen LogP contribution in [0.5, 0.6) is 0 Å². The fraction of sp³-hybridized carbons (Fsp3) is 0.429. The maximum Gasteiger partial charge on any atom is 0.248 e. The molecule has 2 rings (SSSR count). The molecular weight excluding hydrogens is 258 g/mol. The van der Waals surface area contributed by atoms with E-state index in [2.05, 4.69) is 5.32 Å². The lowest BCUT2D eigenvalue weighted by atomic mass is 9.82. The monoisotopic (exact) mass is 277 g/mol. The second kappa shape index (κ2) is 6.02. The second-order valence-corrected chi connectivity index (χ2v) is 5.43. The molecule has 4 nitrogen and oxygen atoms in total. The van der Waals surface area contributed by atoms with Gasteiger partial charge in [-0.2, -0.15) is 0 Å². The third-order valence-corrected chi connectivity index (χ3v) is 3.73. The first-order valence-electron chi connectivity index (χ1n) is 6.58. The summed E-state index contributed by atoms with van der Waals surface area (Å²) in [5, 5.41) is 3.13. The van der Waals surface area contributed by atoms with Crippen LogP contribution in [-0.4, -0.2) is 11.0 Å². The minimum Gasteiger partial charge on any atom is -0.376 e. The zero-order chi connectivity index (χ0) is 13.8. The molecule has 0 saturated heterocycles. The van der Waals surface area contributed by atoms with Crippen LogP contribution in [-0.2, 0) is 0 Å². The summed E-state index contributed by atoms with van der Waals surface area (Å²) < 4.78 is 0. The van der Waals surface area contributed by atoms with E-state index in [9.17, 15) is 4.79 Å². The van der Waals surface area contributed by atoms with Crippen molar-refractivity contribution in [3.05, 3.63) is 29.3 Å². The number of thiocarbonyl (C=S) groups is 1. The molecule has 1 amide bonds. The van der Waals surface area contributed by atoms with Gasteiger partial charge in [-0.05, 0) is 54.7 Å². The molecule has 0 aliphatic heterocycles. The molecule has 0 aromatic heterocycles. The van der Waals surface area contributed by atoms with Crippen molar-refractivity contribution in [2.45, 2.75) is 38.0 Å². The predicted octanol–water partition coefficient (Wildman–Crippen LogP) is 2.49. The van der Waals surface area contributed by atoms with E-state index in [4.69, 9.17) is 23.7 Å². The average Bonchev–Trinajstić information content (AvgIpc) is 2.38. The zero-order valence-corrected chi connectivity index (χ0v) is 11.6. The Labute approximate surface area is 118 Å². The topological polar surface area (TPSA) is 81.1 Å². The number of rotatable bonds is 3. The molecule has 0 atom stereocenters. The van der Waals surface area contributed by atoms with E-state index >= 15 is 0 Å².